The van der Waals surface area contributed by atoms with Crippen molar-refractivity contribution in [2.24, 2.45) is 0 Å². The zero-order valence-corrected chi connectivity index (χ0v) is 12.0. The lowest BCUT2D eigenvalue weighted by atomic mass is 10.1. The molecule has 0 aliphatic rings. The first-order valence-electron chi connectivity index (χ1n) is 5.69. The Balaban J connectivity index is 2.33. The van der Waals surface area contributed by atoms with Crippen molar-refractivity contribution in [3.8, 4) is 11.3 Å². The Hall–Kier alpha value is -1.89. The molecule has 94 valence electrons. The fraction of sp³-hybridized carbons (Fsp3) is 0. The van der Waals surface area contributed by atoms with Gasteiger partial charge in [0.05, 0.1) is 11.0 Å². The van der Waals surface area contributed by atoms with Crippen LogP contribution in [-0.4, -0.2) is 9.97 Å². The molecule has 1 heterocycles. The number of hydrogen-bond donors (Lipinski definition) is 2. The molecule has 1 aromatic heterocycles. The Labute approximate surface area is 122 Å². The molecule has 0 radical (unpaired) electrons. The normalized spacial score (nSPS) is 10.8. The molecule has 5 heteroatoms. The van der Waals surface area contributed by atoms with E-state index in [0.29, 0.717) is 16.9 Å². The van der Waals surface area contributed by atoms with Gasteiger partial charge in [-0.15, -0.1) is 0 Å². The van der Waals surface area contributed by atoms with Crippen LogP contribution in [0.3, 0.4) is 0 Å². The molecule has 3 aromatic rings. The van der Waals surface area contributed by atoms with Crippen molar-refractivity contribution >= 4 is 39.3 Å². The molecule has 0 saturated heterocycles. The minimum absolute atomic E-state index is 0.229. The van der Waals surface area contributed by atoms with E-state index in [1.807, 2.05) is 36.4 Å². The topological polar surface area (TPSA) is 71.8 Å². The van der Waals surface area contributed by atoms with E-state index < -0.39 is 0 Å². The van der Waals surface area contributed by atoms with Crippen molar-refractivity contribution in [1.29, 1.82) is 0 Å². The number of anilines is 1. The van der Waals surface area contributed by atoms with Crippen LogP contribution in [0.4, 0.5) is 5.69 Å². The Morgan fingerprint density at radius 3 is 2.79 bits per heavy atom. The minimum atomic E-state index is -0.229. The first-order valence-corrected chi connectivity index (χ1v) is 6.77. The number of hydrogen-bond acceptors (Lipinski definition) is 3. The fourth-order valence-corrected chi connectivity index (χ4v) is 2.44. The monoisotopic (exact) mass is 363 g/mol. The molecular formula is C14H10IN3O. The highest BCUT2D eigenvalue weighted by molar-refractivity contribution is 14.1. The van der Waals surface area contributed by atoms with Crippen LogP contribution < -0.4 is 11.3 Å². The van der Waals surface area contributed by atoms with Gasteiger partial charge in [0, 0.05) is 14.8 Å². The number of aromatic nitrogens is 2. The number of halogens is 1. The summed E-state index contributed by atoms with van der Waals surface area (Å²) in [5.41, 5.74) is 8.75. The predicted molar refractivity (Wildman–Crippen MR) is 84.9 cm³/mol. The number of nitrogen functional groups attached to an aromatic ring is 1. The SMILES string of the molecule is Nc1ccc(I)cc1-c1nc2ccccc2[nH]c1=O. The maximum absolute atomic E-state index is 12.1. The highest BCUT2D eigenvalue weighted by Crippen LogP contribution is 2.24. The molecule has 3 N–H and O–H groups in total. The molecule has 0 saturated carbocycles. The number of nitrogens with one attached hydrogen (secondary N) is 1. The molecule has 0 atom stereocenters. The lowest BCUT2D eigenvalue weighted by molar-refractivity contribution is 1.22. The smallest absolute Gasteiger partial charge is 0.275 e. The third kappa shape index (κ3) is 2.21. The van der Waals surface area contributed by atoms with Crippen LogP contribution >= 0.6 is 22.6 Å². The first-order chi connectivity index (χ1) is 9.15. The van der Waals surface area contributed by atoms with E-state index in [1.54, 1.807) is 6.07 Å². The highest BCUT2D eigenvalue weighted by atomic mass is 127. The second-order valence-corrected chi connectivity index (χ2v) is 5.41. The van der Waals surface area contributed by atoms with Gasteiger partial charge in [-0.3, -0.25) is 4.79 Å². The number of fused-ring (bicyclic) bond motifs is 1. The lowest BCUT2D eigenvalue weighted by Crippen LogP contribution is -2.12. The molecule has 0 bridgehead atoms. The second kappa shape index (κ2) is 4.65. The van der Waals surface area contributed by atoms with Crippen molar-refractivity contribution in [3.05, 3.63) is 56.4 Å². The zero-order valence-electron chi connectivity index (χ0n) is 9.85. The number of benzene rings is 2. The summed E-state index contributed by atoms with van der Waals surface area (Å²) in [7, 11) is 0. The van der Waals surface area contributed by atoms with Crippen LogP contribution in [0, 0.1) is 3.57 Å². The third-order valence-electron chi connectivity index (χ3n) is 2.87. The van der Waals surface area contributed by atoms with Crippen molar-refractivity contribution in [1.82, 2.24) is 9.97 Å². The largest absolute Gasteiger partial charge is 0.398 e. The van der Waals surface area contributed by atoms with Crippen molar-refractivity contribution < 1.29 is 0 Å². The first kappa shape index (κ1) is 12.2. The van der Waals surface area contributed by atoms with Gasteiger partial charge in [0.2, 0.25) is 0 Å². The molecule has 2 aromatic carbocycles. The van der Waals surface area contributed by atoms with Crippen LogP contribution in [0.25, 0.3) is 22.3 Å². The summed E-state index contributed by atoms with van der Waals surface area (Å²) < 4.78 is 1.01. The number of nitrogens with zero attached hydrogens (tertiary/aromatic N) is 1. The summed E-state index contributed by atoms with van der Waals surface area (Å²) in [5.74, 6) is 0. The predicted octanol–water partition coefficient (Wildman–Crippen LogP) is 2.78. The Morgan fingerprint density at radius 1 is 1.16 bits per heavy atom. The standard InChI is InChI=1S/C14H10IN3O/c15-8-5-6-10(16)9(7-8)13-14(19)18-12-4-2-1-3-11(12)17-13/h1-7H,16H2,(H,18,19). The molecule has 0 aliphatic carbocycles. The summed E-state index contributed by atoms with van der Waals surface area (Å²) in [6.45, 7) is 0. The number of para-hydroxylation sites is 2. The quantitative estimate of drug-likeness (QED) is 0.516. The zero-order chi connectivity index (χ0) is 13.4. The van der Waals surface area contributed by atoms with Crippen LogP contribution in [0.5, 0.6) is 0 Å². The number of aromatic amines is 1. The van der Waals surface area contributed by atoms with Gasteiger partial charge in [-0.1, -0.05) is 12.1 Å². The molecule has 3 rings (SSSR count). The van der Waals surface area contributed by atoms with Gasteiger partial charge in [0.15, 0.2) is 0 Å². The van der Waals surface area contributed by atoms with Crippen LogP contribution in [-0.2, 0) is 0 Å². The Bertz CT molecular complexity index is 826. The minimum Gasteiger partial charge on any atom is -0.398 e. The third-order valence-corrected chi connectivity index (χ3v) is 3.54. The summed E-state index contributed by atoms with van der Waals surface area (Å²) in [6, 6.07) is 13.0. The summed E-state index contributed by atoms with van der Waals surface area (Å²) in [4.78, 5) is 19.4. The van der Waals surface area contributed by atoms with Crippen LogP contribution in [0.1, 0.15) is 0 Å². The van der Waals surface area contributed by atoms with E-state index in [9.17, 15) is 4.79 Å². The highest BCUT2D eigenvalue weighted by Gasteiger charge is 2.10. The molecule has 4 nitrogen and oxygen atoms in total. The number of H-pyrrole nitrogens is 1. The van der Waals surface area contributed by atoms with E-state index in [-0.39, 0.29) is 5.56 Å². The van der Waals surface area contributed by atoms with Gasteiger partial charge in [0.1, 0.15) is 5.69 Å². The molecule has 0 spiro atoms. The summed E-state index contributed by atoms with van der Waals surface area (Å²) >= 11 is 2.18. The molecule has 0 aliphatic heterocycles. The Kier molecular flexibility index (Phi) is 2.98. The van der Waals surface area contributed by atoms with Crippen molar-refractivity contribution in [3.63, 3.8) is 0 Å². The lowest BCUT2D eigenvalue weighted by Gasteiger charge is -2.06. The van der Waals surface area contributed by atoms with Gasteiger partial charge >= 0.3 is 0 Å². The molecule has 0 amide bonds. The second-order valence-electron chi connectivity index (χ2n) is 4.16. The molecule has 19 heavy (non-hydrogen) atoms. The van der Waals surface area contributed by atoms with Gasteiger partial charge in [-0.2, -0.15) is 0 Å². The van der Waals surface area contributed by atoms with Gasteiger partial charge < -0.3 is 10.7 Å². The maximum atomic E-state index is 12.1. The van der Waals surface area contributed by atoms with E-state index in [1.165, 1.54) is 0 Å². The number of rotatable bonds is 1. The van der Waals surface area contributed by atoms with Gasteiger partial charge in [0.25, 0.3) is 5.56 Å². The van der Waals surface area contributed by atoms with E-state index in [4.69, 9.17) is 5.73 Å². The summed E-state index contributed by atoms with van der Waals surface area (Å²) in [5, 5.41) is 0. The maximum Gasteiger partial charge on any atom is 0.275 e. The molecular weight excluding hydrogens is 353 g/mol. The van der Waals surface area contributed by atoms with Crippen molar-refractivity contribution in [2.75, 3.05) is 5.73 Å². The van der Waals surface area contributed by atoms with Crippen molar-refractivity contribution in [2.45, 2.75) is 0 Å². The Morgan fingerprint density at radius 2 is 1.95 bits per heavy atom. The van der Waals surface area contributed by atoms with Gasteiger partial charge in [-0.05, 0) is 52.9 Å². The van der Waals surface area contributed by atoms with E-state index >= 15 is 0 Å². The molecule has 0 unspecified atom stereocenters. The van der Waals surface area contributed by atoms with Gasteiger partial charge in [-0.25, -0.2) is 4.98 Å². The summed E-state index contributed by atoms with van der Waals surface area (Å²) in [6.07, 6.45) is 0. The van der Waals surface area contributed by atoms with Crippen LogP contribution in [0.15, 0.2) is 47.3 Å². The van der Waals surface area contributed by atoms with Crippen LogP contribution in [0.2, 0.25) is 0 Å². The van der Waals surface area contributed by atoms with E-state index in [0.717, 1.165) is 14.6 Å². The van der Waals surface area contributed by atoms with E-state index in [2.05, 4.69) is 32.6 Å². The fourth-order valence-electron chi connectivity index (χ4n) is 1.95. The average Bonchev–Trinajstić information content (AvgIpc) is 2.41. The number of nitrogens with two attached hydrogens (primary N) is 1. The average molecular weight is 363 g/mol. The molecule has 0 fully saturated rings.